The molecule has 2 saturated heterocycles. The highest BCUT2D eigenvalue weighted by Gasteiger charge is 2.47. The number of ketones is 1. The summed E-state index contributed by atoms with van der Waals surface area (Å²) in [6.07, 6.45) is 6.44. The lowest BCUT2D eigenvalue weighted by Crippen LogP contribution is -2.61. The number of carbonyl (C=O) groups is 1. The van der Waals surface area contributed by atoms with E-state index in [-0.39, 0.29) is 17.7 Å². The normalized spacial score (nSPS) is 26.9. The molecule has 11 heteroatoms. The smallest absolute Gasteiger partial charge is 0.384 e. The largest absolute Gasteiger partial charge is 0.416 e. The number of rotatable bonds is 7. The summed E-state index contributed by atoms with van der Waals surface area (Å²) < 4.78 is 39.6. The molecule has 0 amide bonds. The summed E-state index contributed by atoms with van der Waals surface area (Å²) in [7, 11) is 0. The highest BCUT2D eigenvalue weighted by atomic mass is 19.4. The number of nitrogens with one attached hydrogen (secondary N) is 2. The van der Waals surface area contributed by atoms with Crippen LogP contribution in [0.1, 0.15) is 56.2 Å². The van der Waals surface area contributed by atoms with Crippen molar-refractivity contribution >= 4 is 11.6 Å². The number of aromatic nitrogens is 3. The van der Waals surface area contributed by atoms with Crippen molar-refractivity contribution in [1.82, 2.24) is 25.6 Å². The van der Waals surface area contributed by atoms with E-state index in [4.69, 9.17) is 0 Å². The zero-order valence-electron chi connectivity index (χ0n) is 24.0. The monoisotopic (exact) mass is 594 g/mol. The van der Waals surface area contributed by atoms with Gasteiger partial charge in [0.05, 0.1) is 16.8 Å². The standard InChI is InChI=1S/C32H37F3N6O2/c33-32(34,35)25-7-14-38-28(18-25)41-16-8-22(9-17-41)29(42)30(12-15-37-21-30)40-26-5-10-31(43,11-6-26)27-4-3-24(20-39-27)23-2-1-13-36-19-23/h1-4,7,13-14,18-20,22,26,37,40,43H,5-6,8-12,15-17,21H2/t26?,30-,31?/m0/s1. The van der Waals surface area contributed by atoms with E-state index in [2.05, 4.69) is 25.6 Å². The van der Waals surface area contributed by atoms with Crippen LogP contribution in [-0.4, -0.2) is 63.6 Å². The van der Waals surface area contributed by atoms with E-state index in [1.807, 2.05) is 29.2 Å². The Labute approximate surface area is 249 Å². The van der Waals surface area contributed by atoms with Gasteiger partial charge in [-0.25, -0.2) is 4.98 Å². The van der Waals surface area contributed by atoms with Crippen LogP contribution in [0.25, 0.3) is 11.1 Å². The first-order chi connectivity index (χ1) is 20.7. The molecule has 1 aliphatic carbocycles. The second-order valence-corrected chi connectivity index (χ2v) is 12.2. The van der Waals surface area contributed by atoms with Crippen LogP contribution in [0.15, 0.2) is 61.2 Å². The maximum Gasteiger partial charge on any atom is 0.416 e. The van der Waals surface area contributed by atoms with Gasteiger partial charge in [-0.1, -0.05) is 12.1 Å². The number of hydrogen-bond donors (Lipinski definition) is 3. The molecule has 2 aliphatic heterocycles. The molecule has 0 bridgehead atoms. The maximum absolute atomic E-state index is 14.0. The molecule has 1 saturated carbocycles. The molecule has 5 heterocycles. The van der Waals surface area contributed by atoms with Gasteiger partial charge in [0.15, 0.2) is 5.78 Å². The first kappa shape index (κ1) is 29.7. The van der Waals surface area contributed by atoms with Gasteiger partial charge < -0.3 is 20.6 Å². The van der Waals surface area contributed by atoms with Crippen LogP contribution in [-0.2, 0) is 16.6 Å². The van der Waals surface area contributed by atoms with Gasteiger partial charge in [-0.3, -0.25) is 14.8 Å². The van der Waals surface area contributed by atoms with Crippen LogP contribution in [0.3, 0.4) is 0 Å². The lowest BCUT2D eigenvalue weighted by molar-refractivity contribution is -0.137. The maximum atomic E-state index is 14.0. The Kier molecular flexibility index (Phi) is 8.23. The average molecular weight is 595 g/mol. The number of Topliss-reactive ketones (excluding diaryl/α,β-unsaturated/α-hetero) is 1. The molecule has 1 atom stereocenters. The SMILES string of the molecule is O=C(C1CCN(c2cc(C(F)(F)F)ccn2)CC1)[C@]1(NC2CCC(O)(c3ccc(-c4cccnc4)cn3)CC2)CCNC1. The van der Waals surface area contributed by atoms with Crippen molar-refractivity contribution < 1.29 is 23.1 Å². The van der Waals surface area contributed by atoms with Crippen molar-refractivity contribution in [2.24, 2.45) is 5.92 Å². The second-order valence-electron chi connectivity index (χ2n) is 12.2. The molecular weight excluding hydrogens is 557 g/mol. The van der Waals surface area contributed by atoms with Gasteiger partial charge in [0.1, 0.15) is 11.4 Å². The van der Waals surface area contributed by atoms with Crippen molar-refractivity contribution in [3.63, 3.8) is 0 Å². The van der Waals surface area contributed by atoms with Gasteiger partial charge in [-0.15, -0.1) is 0 Å². The number of piperidine rings is 1. The average Bonchev–Trinajstić information content (AvgIpc) is 3.52. The van der Waals surface area contributed by atoms with E-state index < -0.39 is 22.9 Å². The quantitative estimate of drug-likeness (QED) is 0.368. The Morgan fingerprint density at radius 2 is 1.74 bits per heavy atom. The van der Waals surface area contributed by atoms with Gasteiger partial charge in [-0.05, 0) is 75.8 Å². The third kappa shape index (κ3) is 6.30. The molecule has 0 radical (unpaired) electrons. The summed E-state index contributed by atoms with van der Waals surface area (Å²) in [4.78, 5) is 28.7. The van der Waals surface area contributed by atoms with Crippen LogP contribution < -0.4 is 15.5 Å². The minimum absolute atomic E-state index is 0.0909. The molecule has 228 valence electrons. The van der Waals surface area contributed by atoms with E-state index in [1.165, 1.54) is 6.20 Å². The molecule has 0 unspecified atom stereocenters. The Balaban J connectivity index is 1.06. The Bertz CT molecular complexity index is 1400. The fraction of sp³-hybridized carbons (Fsp3) is 0.500. The minimum atomic E-state index is -4.42. The van der Waals surface area contributed by atoms with Gasteiger partial charge >= 0.3 is 6.18 Å². The summed E-state index contributed by atoms with van der Waals surface area (Å²) in [5.41, 5.74) is 0.176. The van der Waals surface area contributed by atoms with Crippen LogP contribution in [0.4, 0.5) is 19.0 Å². The highest BCUT2D eigenvalue weighted by molar-refractivity contribution is 5.91. The molecule has 0 aromatic carbocycles. The van der Waals surface area contributed by atoms with Gasteiger partial charge in [0.2, 0.25) is 0 Å². The number of halogens is 3. The van der Waals surface area contributed by atoms with Crippen molar-refractivity contribution in [1.29, 1.82) is 0 Å². The van der Waals surface area contributed by atoms with E-state index in [9.17, 15) is 23.1 Å². The van der Waals surface area contributed by atoms with Gasteiger partial charge in [-0.2, -0.15) is 13.2 Å². The molecule has 3 aromatic rings. The third-order valence-electron chi connectivity index (χ3n) is 9.42. The molecular formula is C32H37F3N6O2. The Hall–Kier alpha value is -3.41. The Morgan fingerprint density at radius 1 is 0.977 bits per heavy atom. The minimum Gasteiger partial charge on any atom is -0.384 e. The van der Waals surface area contributed by atoms with E-state index in [0.29, 0.717) is 63.3 Å². The molecule has 3 N–H and O–H groups in total. The van der Waals surface area contributed by atoms with Crippen LogP contribution in [0.2, 0.25) is 0 Å². The topological polar surface area (TPSA) is 103 Å². The molecule has 43 heavy (non-hydrogen) atoms. The van der Waals surface area contributed by atoms with E-state index in [1.54, 1.807) is 18.6 Å². The molecule has 3 aromatic heterocycles. The number of carbonyl (C=O) groups excluding carboxylic acids is 1. The van der Waals surface area contributed by atoms with Crippen molar-refractivity contribution in [2.45, 2.75) is 68.3 Å². The first-order valence-electron chi connectivity index (χ1n) is 15.1. The fourth-order valence-corrected chi connectivity index (χ4v) is 6.89. The van der Waals surface area contributed by atoms with E-state index >= 15 is 0 Å². The predicted molar refractivity (Wildman–Crippen MR) is 156 cm³/mol. The molecule has 0 spiro atoms. The number of hydrogen-bond acceptors (Lipinski definition) is 8. The van der Waals surface area contributed by atoms with Crippen LogP contribution in [0, 0.1) is 5.92 Å². The van der Waals surface area contributed by atoms with Crippen molar-refractivity contribution in [3.05, 3.63) is 72.4 Å². The summed E-state index contributed by atoms with van der Waals surface area (Å²) in [5, 5.41) is 18.6. The molecule has 8 nitrogen and oxygen atoms in total. The number of anilines is 1. The third-order valence-corrected chi connectivity index (χ3v) is 9.42. The molecule has 6 rings (SSSR count). The summed E-state index contributed by atoms with van der Waals surface area (Å²) in [6, 6.07) is 9.86. The van der Waals surface area contributed by atoms with Crippen LogP contribution in [0.5, 0.6) is 0 Å². The summed E-state index contributed by atoms with van der Waals surface area (Å²) in [6.45, 7) is 2.27. The lowest BCUT2D eigenvalue weighted by atomic mass is 9.76. The van der Waals surface area contributed by atoms with Crippen molar-refractivity contribution in [2.75, 3.05) is 31.1 Å². The van der Waals surface area contributed by atoms with E-state index in [0.717, 1.165) is 42.6 Å². The molecule has 3 fully saturated rings. The zero-order chi connectivity index (χ0) is 30.1. The van der Waals surface area contributed by atoms with Crippen LogP contribution >= 0.6 is 0 Å². The lowest BCUT2D eigenvalue weighted by Gasteiger charge is -2.42. The number of aliphatic hydroxyl groups is 1. The van der Waals surface area contributed by atoms with Gasteiger partial charge in [0, 0.05) is 67.5 Å². The summed E-state index contributed by atoms with van der Waals surface area (Å²) in [5.74, 6) is 0.312. The number of nitrogens with zero attached hydrogens (tertiary/aromatic N) is 4. The second kappa shape index (κ2) is 11.9. The Morgan fingerprint density at radius 3 is 2.37 bits per heavy atom. The zero-order valence-corrected chi connectivity index (χ0v) is 24.0. The summed E-state index contributed by atoms with van der Waals surface area (Å²) >= 11 is 0. The number of pyridine rings is 3. The van der Waals surface area contributed by atoms with Gasteiger partial charge in [0.25, 0.3) is 0 Å². The predicted octanol–water partition coefficient (Wildman–Crippen LogP) is 4.50. The fourth-order valence-electron chi connectivity index (χ4n) is 6.89. The number of alkyl halides is 3. The first-order valence-corrected chi connectivity index (χ1v) is 15.1. The molecule has 3 aliphatic rings. The van der Waals surface area contributed by atoms with Crippen molar-refractivity contribution in [3.8, 4) is 11.1 Å². The highest BCUT2D eigenvalue weighted by Crippen LogP contribution is 2.39.